The second kappa shape index (κ2) is 4.84. The van der Waals surface area contributed by atoms with Crippen molar-refractivity contribution < 1.29 is 13.2 Å². The van der Waals surface area contributed by atoms with Gasteiger partial charge in [0.25, 0.3) is 0 Å². The maximum atomic E-state index is 12.0. The van der Waals surface area contributed by atoms with Crippen LogP contribution in [0.4, 0.5) is 13.2 Å². The van der Waals surface area contributed by atoms with Crippen molar-refractivity contribution in [1.82, 2.24) is 4.98 Å². The fraction of sp³-hybridized carbons (Fsp3) is 0.444. The highest BCUT2D eigenvalue weighted by atomic mass is 19.4. The van der Waals surface area contributed by atoms with Crippen molar-refractivity contribution in [1.29, 1.82) is 0 Å². The summed E-state index contributed by atoms with van der Waals surface area (Å²) in [5, 5.41) is 0. The number of aromatic nitrogens is 1. The summed E-state index contributed by atoms with van der Waals surface area (Å²) < 4.78 is 36.0. The number of nitrogens with zero attached hydrogens (tertiary/aromatic N) is 1. The number of pyridine rings is 1. The van der Waals surface area contributed by atoms with Crippen LogP contribution in [-0.2, 0) is 6.18 Å². The fourth-order valence-corrected chi connectivity index (χ4v) is 0.784. The van der Waals surface area contributed by atoms with E-state index in [2.05, 4.69) is 4.98 Å². The van der Waals surface area contributed by atoms with Gasteiger partial charge in [0.05, 0.1) is 5.56 Å². The minimum absolute atomic E-state index is 0.0139. The number of rotatable bonds is 0. The maximum absolute atomic E-state index is 12.0. The molecule has 0 radical (unpaired) electrons. The predicted octanol–water partition coefficient (Wildman–Crippen LogP) is 3.44. The Hall–Kier alpha value is -1.06. The van der Waals surface area contributed by atoms with Gasteiger partial charge in [-0.3, -0.25) is 4.98 Å². The standard InChI is InChI=1S/C7H6F3N.C2H6/c1-5-6(7(8,9)10)3-2-4-11-5;1-2/h2-4H,1H3;1-2H3. The normalized spacial score (nSPS) is 10.3. The van der Waals surface area contributed by atoms with E-state index in [0.29, 0.717) is 0 Å². The van der Waals surface area contributed by atoms with E-state index >= 15 is 0 Å². The highest BCUT2D eigenvalue weighted by Crippen LogP contribution is 2.30. The zero-order chi connectivity index (χ0) is 10.5. The van der Waals surface area contributed by atoms with E-state index in [-0.39, 0.29) is 5.69 Å². The second-order valence-electron chi connectivity index (χ2n) is 2.13. The Morgan fingerprint density at radius 2 is 1.77 bits per heavy atom. The summed E-state index contributed by atoms with van der Waals surface area (Å²) in [5.41, 5.74) is -0.653. The molecule has 0 spiro atoms. The zero-order valence-corrected chi connectivity index (χ0v) is 7.81. The molecule has 0 saturated carbocycles. The molecule has 1 rings (SSSR count). The predicted molar refractivity (Wildman–Crippen MR) is 45.3 cm³/mol. The van der Waals surface area contributed by atoms with Crippen LogP contribution in [0.25, 0.3) is 0 Å². The Balaban J connectivity index is 0.000000671. The molecule has 0 aromatic carbocycles. The van der Waals surface area contributed by atoms with Gasteiger partial charge in [-0.1, -0.05) is 13.8 Å². The Bertz CT molecular complexity index is 255. The van der Waals surface area contributed by atoms with Crippen LogP contribution in [0, 0.1) is 6.92 Å². The molecule has 0 amide bonds. The van der Waals surface area contributed by atoms with Gasteiger partial charge in [-0.25, -0.2) is 0 Å². The van der Waals surface area contributed by atoms with E-state index in [1.807, 2.05) is 13.8 Å². The first kappa shape index (κ1) is 11.9. The van der Waals surface area contributed by atoms with Crippen LogP contribution in [0.15, 0.2) is 18.3 Å². The van der Waals surface area contributed by atoms with Crippen LogP contribution >= 0.6 is 0 Å². The SMILES string of the molecule is CC.Cc1ncccc1C(F)(F)F. The summed E-state index contributed by atoms with van der Waals surface area (Å²) in [6, 6.07) is 2.29. The molecule has 0 aliphatic carbocycles. The lowest BCUT2D eigenvalue weighted by Crippen LogP contribution is -2.07. The summed E-state index contributed by atoms with van der Waals surface area (Å²) in [6.07, 6.45) is -2.94. The monoisotopic (exact) mass is 191 g/mol. The molecule has 0 saturated heterocycles. The van der Waals surface area contributed by atoms with Gasteiger partial charge in [0.15, 0.2) is 0 Å². The summed E-state index contributed by atoms with van der Waals surface area (Å²) in [6.45, 7) is 5.34. The maximum Gasteiger partial charge on any atom is 0.418 e. The van der Waals surface area contributed by atoms with Crippen LogP contribution in [-0.4, -0.2) is 4.98 Å². The second-order valence-corrected chi connectivity index (χ2v) is 2.13. The van der Waals surface area contributed by atoms with Gasteiger partial charge in [-0.2, -0.15) is 13.2 Å². The minimum Gasteiger partial charge on any atom is -0.261 e. The molecule has 0 aliphatic rings. The molecule has 1 aromatic rings. The number of halogens is 3. The van der Waals surface area contributed by atoms with Crippen molar-refractivity contribution in [2.24, 2.45) is 0 Å². The van der Waals surface area contributed by atoms with Gasteiger partial charge >= 0.3 is 6.18 Å². The lowest BCUT2D eigenvalue weighted by atomic mass is 10.2. The first-order chi connectivity index (χ1) is 6.02. The smallest absolute Gasteiger partial charge is 0.261 e. The molecule has 0 fully saturated rings. The van der Waals surface area contributed by atoms with Crippen molar-refractivity contribution in [3.8, 4) is 0 Å². The molecule has 74 valence electrons. The quantitative estimate of drug-likeness (QED) is 0.612. The van der Waals surface area contributed by atoms with Gasteiger partial charge in [-0.05, 0) is 19.1 Å². The third-order valence-corrected chi connectivity index (χ3v) is 1.31. The summed E-state index contributed by atoms with van der Waals surface area (Å²) >= 11 is 0. The van der Waals surface area contributed by atoms with Crippen LogP contribution < -0.4 is 0 Å². The molecule has 1 heterocycles. The topological polar surface area (TPSA) is 12.9 Å². The molecule has 0 aliphatic heterocycles. The molecule has 0 unspecified atom stereocenters. The molecule has 13 heavy (non-hydrogen) atoms. The molecule has 4 heteroatoms. The van der Waals surface area contributed by atoms with E-state index in [1.54, 1.807) is 0 Å². The molecule has 1 nitrogen and oxygen atoms in total. The summed E-state index contributed by atoms with van der Waals surface area (Å²) in [7, 11) is 0. The number of hydrogen-bond acceptors (Lipinski definition) is 1. The van der Waals surface area contributed by atoms with Crippen molar-refractivity contribution in [3.63, 3.8) is 0 Å². The number of aryl methyl sites for hydroxylation is 1. The summed E-state index contributed by atoms with van der Waals surface area (Å²) in [4.78, 5) is 3.53. The Kier molecular flexibility index (Phi) is 4.45. The van der Waals surface area contributed by atoms with Gasteiger partial charge in [0.2, 0.25) is 0 Å². The van der Waals surface area contributed by atoms with E-state index in [1.165, 1.54) is 19.2 Å². The lowest BCUT2D eigenvalue weighted by Gasteiger charge is -2.07. The highest BCUT2D eigenvalue weighted by molar-refractivity contribution is 5.21. The lowest BCUT2D eigenvalue weighted by molar-refractivity contribution is -0.138. The highest BCUT2D eigenvalue weighted by Gasteiger charge is 2.32. The Morgan fingerprint density at radius 3 is 2.08 bits per heavy atom. The molecule has 0 atom stereocenters. The molecule has 1 aromatic heterocycles. The molecule has 0 N–H and O–H groups in total. The first-order valence-corrected chi connectivity index (χ1v) is 4.00. The van der Waals surface area contributed by atoms with Crippen LogP contribution in [0.3, 0.4) is 0 Å². The molecule has 0 bridgehead atoms. The van der Waals surface area contributed by atoms with Crippen molar-refractivity contribution in [3.05, 3.63) is 29.6 Å². The first-order valence-electron chi connectivity index (χ1n) is 4.00. The van der Waals surface area contributed by atoms with Crippen molar-refractivity contribution >= 4 is 0 Å². The van der Waals surface area contributed by atoms with E-state index in [4.69, 9.17) is 0 Å². The van der Waals surface area contributed by atoms with Crippen molar-refractivity contribution in [2.45, 2.75) is 26.9 Å². The van der Waals surface area contributed by atoms with E-state index in [9.17, 15) is 13.2 Å². The number of hydrogen-bond donors (Lipinski definition) is 0. The molecular weight excluding hydrogens is 179 g/mol. The van der Waals surface area contributed by atoms with Crippen LogP contribution in [0.5, 0.6) is 0 Å². The van der Waals surface area contributed by atoms with Crippen LogP contribution in [0.2, 0.25) is 0 Å². The molecular formula is C9H12F3N. The third-order valence-electron chi connectivity index (χ3n) is 1.31. The Morgan fingerprint density at radius 1 is 1.23 bits per heavy atom. The summed E-state index contributed by atoms with van der Waals surface area (Å²) in [5.74, 6) is 0. The van der Waals surface area contributed by atoms with Gasteiger partial charge in [0, 0.05) is 11.9 Å². The van der Waals surface area contributed by atoms with Crippen molar-refractivity contribution in [2.75, 3.05) is 0 Å². The fourth-order valence-electron chi connectivity index (χ4n) is 0.784. The van der Waals surface area contributed by atoms with Gasteiger partial charge in [-0.15, -0.1) is 0 Å². The Labute approximate surface area is 75.6 Å². The zero-order valence-electron chi connectivity index (χ0n) is 7.81. The van der Waals surface area contributed by atoms with E-state index < -0.39 is 11.7 Å². The third kappa shape index (κ3) is 3.44. The van der Waals surface area contributed by atoms with Gasteiger partial charge < -0.3 is 0 Å². The number of alkyl halides is 3. The van der Waals surface area contributed by atoms with Crippen LogP contribution in [0.1, 0.15) is 25.1 Å². The van der Waals surface area contributed by atoms with Gasteiger partial charge in [0.1, 0.15) is 0 Å². The average Bonchev–Trinajstić information content (AvgIpc) is 2.07. The average molecular weight is 191 g/mol. The minimum atomic E-state index is -4.28. The van der Waals surface area contributed by atoms with E-state index in [0.717, 1.165) is 6.07 Å². The largest absolute Gasteiger partial charge is 0.418 e.